The summed E-state index contributed by atoms with van der Waals surface area (Å²) in [6.45, 7) is 19.8. The third kappa shape index (κ3) is 6.17. The van der Waals surface area contributed by atoms with E-state index in [2.05, 4.69) is 161 Å². The van der Waals surface area contributed by atoms with Gasteiger partial charge in [-0.1, -0.05) is 77.4 Å². The molecule has 7 rings (SSSR count). The molecule has 0 aliphatic carbocycles. The van der Waals surface area contributed by atoms with Crippen LogP contribution in [0.2, 0.25) is 0 Å². The van der Waals surface area contributed by atoms with E-state index < -0.39 is 0 Å². The van der Waals surface area contributed by atoms with Gasteiger partial charge in [0.15, 0.2) is 0 Å². The zero-order valence-electron chi connectivity index (χ0n) is 28.8. The molecule has 48 heavy (non-hydrogen) atoms. The molecule has 6 heteroatoms. The van der Waals surface area contributed by atoms with Crippen LogP contribution >= 0.6 is 0 Å². The molecule has 0 unspecified atom stereocenters. The summed E-state index contributed by atoms with van der Waals surface area (Å²) in [6.07, 6.45) is 1.90. The number of nitrogens with zero attached hydrogens (tertiary/aromatic N) is 4. The number of rotatable bonds is 5. The first kappa shape index (κ1) is 33.6. The minimum Gasteiger partial charge on any atom is -0.509 e. The molecule has 6 aromatic rings. The predicted molar refractivity (Wildman–Crippen MR) is 194 cm³/mol. The second-order valence-electron chi connectivity index (χ2n) is 14.4. The molecule has 3 heterocycles. The number of hydrogen-bond acceptors (Lipinski definition) is 4. The third-order valence-electron chi connectivity index (χ3n) is 9.12. The molecule has 248 valence electrons. The Morgan fingerprint density at radius 2 is 1.35 bits per heavy atom. The SMILES string of the molecule is CC1=C(C)N(c2ccc(C(C)(C)C)cc2)[CH-]N1c1[c-]c(Oc2[c-]c3c(cc2)c2ccccc2n3-c2cc(C(C)(C)C)ccn2)ccc1.[Pt]. The van der Waals surface area contributed by atoms with Gasteiger partial charge in [0.25, 0.3) is 0 Å². The van der Waals surface area contributed by atoms with Gasteiger partial charge in [-0.25, -0.2) is 4.98 Å². The Morgan fingerprint density at radius 1 is 0.667 bits per heavy atom. The van der Waals surface area contributed by atoms with Gasteiger partial charge >= 0.3 is 0 Å². The van der Waals surface area contributed by atoms with E-state index in [1.165, 1.54) is 16.8 Å². The first-order chi connectivity index (χ1) is 22.4. The van der Waals surface area contributed by atoms with Gasteiger partial charge in [-0.3, -0.25) is 0 Å². The van der Waals surface area contributed by atoms with E-state index in [9.17, 15) is 0 Å². The molecule has 0 radical (unpaired) electrons. The summed E-state index contributed by atoms with van der Waals surface area (Å²) in [5.74, 6) is 2.11. The van der Waals surface area contributed by atoms with Crippen molar-refractivity contribution in [1.29, 1.82) is 0 Å². The number of hydrogen-bond donors (Lipinski definition) is 0. The smallest absolute Gasteiger partial charge is 0.135 e. The van der Waals surface area contributed by atoms with Crippen molar-refractivity contribution < 1.29 is 25.8 Å². The summed E-state index contributed by atoms with van der Waals surface area (Å²) < 4.78 is 8.64. The molecule has 0 saturated carbocycles. The Morgan fingerprint density at radius 3 is 2.08 bits per heavy atom. The normalized spacial score (nSPS) is 13.8. The molecule has 0 atom stereocenters. The van der Waals surface area contributed by atoms with Crippen LogP contribution in [-0.2, 0) is 31.9 Å². The maximum Gasteiger partial charge on any atom is 0.135 e. The Balaban J connectivity index is 0.00000401. The molecule has 0 spiro atoms. The van der Waals surface area contributed by atoms with E-state index in [-0.39, 0.29) is 31.9 Å². The topological polar surface area (TPSA) is 33.5 Å². The van der Waals surface area contributed by atoms with Gasteiger partial charge in [0, 0.05) is 61.4 Å². The number of benzene rings is 4. The second kappa shape index (κ2) is 12.6. The summed E-state index contributed by atoms with van der Waals surface area (Å²) >= 11 is 0. The number of anilines is 2. The number of fused-ring (bicyclic) bond motifs is 3. The molecule has 0 fully saturated rings. The number of ether oxygens (including phenoxy) is 1. The minimum atomic E-state index is 0. The van der Waals surface area contributed by atoms with Crippen LogP contribution in [0, 0.1) is 18.8 Å². The van der Waals surface area contributed by atoms with Crippen molar-refractivity contribution in [3.05, 3.63) is 139 Å². The molecule has 5 nitrogen and oxygen atoms in total. The molecule has 4 aromatic carbocycles. The van der Waals surface area contributed by atoms with Crippen LogP contribution in [0.25, 0.3) is 27.6 Å². The number of allylic oxidation sites excluding steroid dienone is 2. The minimum absolute atomic E-state index is 0. The summed E-state index contributed by atoms with van der Waals surface area (Å²) in [7, 11) is 0. The Hall–Kier alpha value is -4.34. The summed E-state index contributed by atoms with van der Waals surface area (Å²) in [6, 6.07) is 38.7. The Kier molecular flexibility index (Phi) is 8.81. The van der Waals surface area contributed by atoms with Gasteiger partial charge in [0.1, 0.15) is 5.82 Å². The maximum absolute atomic E-state index is 6.46. The van der Waals surface area contributed by atoms with Crippen molar-refractivity contribution in [1.82, 2.24) is 9.55 Å². The fraction of sp³-hybridized carbons (Fsp3) is 0.238. The van der Waals surface area contributed by atoms with Crippen molar-refractivity contribution >= 4 is 33.2 Å². The van der Waals surface area contributed by atoms with E-state index in [4.69, 9.17) is 9.72 Å². The van der Waals surface area contributed by atoms with Gasteiger partial charge in [-0.15, -0.1) is 48.1 Å². The average molecular weight is 813 g/mol. The van der Waals surface area contributed by atoms with E-state index in [1.807, 2.05) is 24.4 Å². The van der Waals surface area contributed by atoms with Crippen molar-refractivity contribution in [2.45, 2.75) is 66.2 Å². The van der Waals surface area contributed by atoms with E-state index in [0.717, 1.165) is 44.7 Å². The van der Waals surface area contributed by atoms with Crippen LogP contribution in [-0.4, -0.2) is 9.55 Å². The molecule has 0 N–H and O–H groups in total. The largest absolute Gasteiger partial charge is 0.509 e. The average Bonchev–Trinajstić information content (AvgIpc) is 3.53. The Bertz CT molecular complexity index is 2150. The number of pyridine rings is 1. The maximum atomic E-state index is 6.46. The van der Waals surface area contributed by atoms with Gasteiger partial charge in [0.05, 0.1) is 0 Å². The van der Waals surface area contributed by atoms with Gasteiger partial charge in [-0.2, -0.15) is 12.1 Å². The van der Waals surface area contributed by atoms with Crippen molar-refractivity contribution in [2.75, 3.05) is 9.80 Å². The molecule has 0 amide bonds. The third-order valence-corrected chi connectivity index (χ3v) is 9.12. The second-order valence-corrected chi connectivity index (χ2v) is 14.4. The summed E-state index contributed by atoms with van der Waals surface area (Å²) in [4.78, 5) is 9.19. The van der Waals surface area contributed by atoms with Crippen LogP contribution in [0.3, 0.4) is 0 Å². The monoisotopic (exact) mass is 812 g/mol. The van der Waals surface area contributed by atoms with E-state index in [0.29, 0.717) is 11.5 Å². The molecule has 1 aliphatic heterocycles. The number of aromatic nitrogens is 2. The Labute approximate surface area is 299 Å². The molecule has 0 bridgehead atoms. The standard InChI is InChI=1S/C42H41N4O.Pt/c1-28-29(2)45(27-44(28)32-18-16-30(17-19-32)41(3,4)5)33-12-11-13-34(25-33)47-35-20-21-37-36-14-9-10-15-38(36)46(39(37)26-35)40-24-31(22-23-43-40)42(6,7)8;/h9-24,27H,1-8H3;/q-3;. The quantitative estimate of drug-likeness (QED) is 0.162. The number of para-hydroxylation sites is 1. The molecule has 1 aliphatic rings. The predicted octanol–water partition coefficient (Wildman–Crippen LogP) is 10.9. The first-order valence-electron chi connectivity index (χ1n) is 16.2. The summed E-state index contributed by atoms with van der Waals surface area (Å²) in [5.41, 5.74) is 9.02. The van der Waals surface area contributed by atoms with Crippen LogP contribution in [0.5, 0.6) is 11.5 Å². The molecular formula is C42H41N4OPt-3. The van der Waals surface area contributed by atoms with Crippen LogP contribution < -0.4 is 14.5 Å². The fourth-order valence-corrected chi connectivity index (χ4v) is 6.20. The van der Waals surface area contributed by atoms with Gasteiger partial charge in [-0.05, 0) is 71.5 Å². The summed E-state index contributed by atoms with van der Waals surface area (Å²) in [5, 5.41) is 2.26. The molecule has 0 saturated heterocycles. The molecule has 2 aromatic heterocycles. The van der Waals surface area contributed by atoms with E-state index >= 15 is 0 Å². The van der Waals surface area contributed by atoms with Crippen molar-refractivity contribution in [2.24, 2.45) is 0 Å². The van der Waals surface area contributed by atoms with Crippen molar-refractivity contribution in [3.63, 3.8) is 0 Å². The fourth-order valence-electron chi connectivity index (χ4n) is 6.20. The van der Waals surface area contributed by atoms with Crippen LogP contribution in [0.15, 0.2) is 109 Å². The van der Waals surface area contributed by atoms with Crippen LogP contribution in [0.1, 0.15) is 66.5 Å². The van der Waals surface area contributed by atoms with Gasteiger partial charge < -0.3 is 19.1 Å². The van der Waals surface area contributed by atoms with Crippen molar-refractivity contribution in [3.8, 4) is 17.3 Å². The zero-order valence-corrected chi connectivity index (χ0v) is 31.1. The van der Waals surface area contributed by atoms with Crippen LogP contribution in [0.4, 0.5) is 11.4 Å². The van der Waals surface area contributed by atoms with Gasteiger partial charge in [0.2, 0.25) is 0 Å². The first-order valence-corrected chi connectivity index (χ1v) is 16.2. The molecular weight excluding hydrogens is 772 g/mol. The zero-order chi connectivity index (χ0) is 33.1. The van der Waals surface area contributed by atoms with E-state index in [1.54, 1.807) is 0 Å².